The van der Waals surface area contributed by atoms with E-state index in [-0.39, 0.29) is 0 Å². The number of rotatable bonds is 2. The predicted octanol–water partition coefficient (Wildman–Crippen LogP) is 3.06. The van der Waals surface area contributed by atoms with Crippen LogP contribution in [0.5, 0.6) is 0 Å². The number of nitrogens with zero attached hydrogens (tertiary/aromatic N) is 2. The Morgan fingerprint density at radius 2 is 1.91 bits per heavy atom. The number of aromatic nitrogens is 2. The normalized spacial score (nSPS) is 13.9. The zero-order valence-corrected chi connectivity index (χ0v) is 9.24. The van der Waals surface area contributed by atoms with Crippen LogP contribution in [0.25, 0.3) is 0 Å². The van der Waals surface area contributed by atoms with E-state index in [1.165, 1.54) is 0 Å². The van der Waals surface area contributed by atoms with Gasteiger partial charge in [-0.3, -0.25) is 0 Å². The van der Waals surface area contributed by atoms with Crippen molar-refractivity contribution < 1.29 is 0 Å². The van der Waals surface area contributed by atoms with Crippen molar-refractivity contribution in [1.82, 2.24) is 10.2 Å². The van der Waals surface area contributed by atoms with Crippen LogP contribution in [0.1, 0.15) is 31.7 Å². The molecule has 0 aliphatic rings. The maximum Gasteiger partial charge on any atom is 0.183 e. The van der Waals surface area contributed by atoms with Gasteiger partial charge in [-0.1, -0.05) is 32.1 Å². The molecule has 0 radical (unpaired) electrons. The Morgan fingerprint density at radius 1 is 1.27 bits per heavy atom. The van der Waals surface area contributed by atoms with Crippen molar-refractivity contribution in [1.29, 1.82) is 0 Å². The molecule has 1 aromatic rings. The number of hydrogen-bond donors (Lipinski definition) is 0. The molecular weight excluding hydrogens is 224 g/mol. The lowest BCUT2D eigenvalue weighted by Crippen LogP contribution is -2.00. The minimum atomic E-state index is 0.513. The molecule has 11 heavy (non-hydrogen) atoms. The lowest BCUT2D eigenvalue weighted by molar-refractivity contribution is 0.529. The fraction of sp³-hybridized carbons (Fsp3) is 0.714. The summed E-state index contributed by atoms with van der Waals surface area (Å²) in [6.07, 6.45) is 0. The third kappa shape index (κ3) is 2.24. The van der Waals surface area contributed by atoms with Crippen LogP contribution in [-0.2, 0) is 0 Å². The molecule has 0 saturated heterocycles. The van der Waals surface area contributed by atoms with Gasteiger partial charge in [0.05, 0.1) is 0 Å². The van der Waals surface area contributed by atoms with E-state index >= 15 is 0 Å². The molecule has 0 aliphatic carbocycles. The Labute approximate surface area is 79.2 Å². The molecule has 0 saturated carbocycles. The zero-order valence-electron chi connectivity index (χ0n) is 6.84. The molecular formula is C7H11BrN2S. The number of halogens is 1. The van der Waals surface area contributed by atoms with E-state index < -0.39 is 0 Å². The average molecular weight is 235 g/mol. The Kier molecular flexibility index (Phi) is 3.01. The van der Waals surface area contributed by atoms with Crippen molar-refractivity contribution in [2.24, 2.45) is 5.92 Å². The van der Waals surface area contributed by atoms with E-state index in [0.717, 1.165) is 8.92 Å². The summed E-state index contributed by atoms with van der Waals surface area (Å²) in [5, 5.41) is 9.08. The first kappa shape index (κ1) is 9.13. The molecule has 1 unspecified atom stereocenters. The molecule has 62 valence electrons. The van der Waals surface area contributed by atoms with Crippen molar-refractivity contribution in [2.75, 3.05) is 0 Å². The average Bonchev–Trinajstić information content (AvgIpc) is 2.34. The minimum Gasteiger partial charge on any atom is -0.142 e. The van der Waals surface area contributed by atoms with Gasteiger partial charge in [0, 0.05) is 5.92 Å². The molecule has 0 aliphatic heterocycles. The first-order chi connectivity index (χ1) is 5.11. The summed E-state index contributed by atoms with van der Waals surface area (Å²) in [6.45, 7) is 6.57. The van der Waals surface area contributed by atoms with Crippen LogP contribution in [0.4, 0.5) is 0 Å². The van der Waals surface area contributed by atoms with Crippen LogP contribution >= 0.6 is 27.3 Å². The molecule has 0 fully saturated rings. The molecule has 1 rings (SSSR count). The van der Waals surface area contributed by atoms with Crippen LogP contribution in [-0.4, -0.2) is 10.2 Å². The summed E-state index contributed by atoms with van der Waals surface area (Å²) >= 11 is 4.91. The molecule has 0 spiro atoms. The molecule has 2 nitrogen and oxygen atoms in total. The maximum atomic E-state index is 4.06. The lowest BCUT2D eigenvalue weighted by Gasteiger charge is -2.10. The maximum absolute atomic E-state index is 4.06. The van der Waals surface area contributed by atoms with Gasteiger partial charge in [-0.05, 0) is 21.8 Å². The van der Waals surface area contributed by atoms with Gasteiger partial charge in [-0.25, -0.2) is 0 Å². The van der Waals surface area contributed by atoms with Gasteiger partial charge in [0.15, 0.2) is 3.92 Å². The topological polar surface area (TPSA) is 25.8 Å². The van der Waals surface area contributed by atoms with Crippen molar-refractivity contribution in [3.8, 4) is 0 Å². The van der Waals surface area contributed by atoms with Gasteiger partial charge in [0.25, 0.3) is 0 Å². The summed E-state index contributed by atoms with van der Waals surface area (Å²) in [7, 11) is 0. The van der Waals surface area contributed by atoms with E-state index in [4.69, 9.17) is 0 Å². The van der Waals surface area contributed by atoms with Gasteiger partial charge < -0.3 is 0 Å². The molecule has 1 aromatic heterocycles. The standard InChI is InChI=1S/C7H11BrN2S/c1-4(2)5(3)6-9-10-7(8)11-6/h4-5H,1-3H3. The molecule has 0 aromatic carbocycles. The highest BCUT2D eigenvalue weighted by molar-refractivity contribution is 9.11. The first-order valence-electron chi connectivity index (χ1n) is 3.60. The SMILES string of the molecule is CC(C)C(C)c1nnc(Br)s1. The Hall–Kier alpha value is 0.0400. The van der Waals surface area contributed by atoms with Crippen LogP contribution in [0, 0.1) is 5.92 Å². The van der Waals surface area contributed by atoms with E-state index in [1.807, 2.05) is 0 Å². The second kappa shape index (κ2) is 3.63. The van der Waals surface area contributed by atoms with Crippen LogP contribution in [0.15, 0.2) is 3.92 Å². The highest BCUT2D eigenvalue weighted by Crippen LogP contribution is 2.28. The van der Waals surface area contributed by atoms with Crippen LogP contribution < -0.4 is 0 Å². The van der Waals surface area contributed by atoms with Crippen LogP contribution in [0.2, 0.25) is 0 Å². The highest BCUT2D eigenvalue weighted by Gasteiger charge is 2.14. The molecule has 4 heteroatoms. The van der Waals surface area contributed by atoms with E-state index in [1.54, 1.807) is 11.3 Å². The Morgan fingerprint density at radius 3 is 2.27 bits per heavy atom. The summed E-state index contributed by atoms with van der Waals surface area (Å²) in [4.78, 5) is 0. The summed E-state index contributed by atoms with van der Waals surface area (Å²) in [5.74, 6) is 1.15. The quantitative estimate of drug-likeness (QED) is 0.787. The second-order valence-electron chi connectivity index (χ2n) is 2.93. The largest absolute Gasteiger partial charge is 0.183 e. The van der Waals surface area contributed by atoms with Crippen molar-refractivity contribution >= 4 is 27.3 Å². The second-order valence-corrected chi connectivity index (χ2v) is 5.21. The van der Waals surface area contributed by atoms with Crippen LogP contribution in [0.3, 0.4) is 0 Å². The Bertz CT molecular complexity index is 234. The van der Waals surface area contributed by atoms with Gasteiger partial charge >= 0.3 is 0 Å². The molecule has 1 heterocycles. The summed E-state index contributed by atoms with van der Waals surface area (Å²) in [6, 6.07) is 0. The first-order valence-corrected chi connectivity index (χ1v) is 5.21. The minimum absolute atomic E-state index is 0.513. The summed E-state index contributed by atoms with van der Waals surface area (Å²) < 4.78 is 0.875. The lowest BCUT2D eigenvalue weighted by atomic mass is 9.99. The summed E-state index contributed by atoms with van der Waals surface area (Å²) in [5.41, 5.74) is 0. The van der Waals surface area contributed by atoms with Crippen molar-refractivity contribution in [3.05, 3.63) is 8.92 Å². The highest BCUT2D eigenvalue weighted by atomic mass is 79.9. The third-order valence-electron chi connectivity index (χ3n) is 1.81. The fourth-order valence-electron chi connectivity index (χ4n) is 0.685. The van der Waals surface area contributed by atoms with Gasteiger partial charge in [0.1, 0.15) is 5.01 Å². The van der Waals surface area contributed by atoms with E-state index in [0.29, 0.717) is 11.8 Å². The monoisotopic (exact) mass is 234 g/mol. The molecule has 1 atom stereocenters. The third-order valence-corrected chi connectivity index (χ3v) is 3.36. The van der Waals surface area contributed by atoms with Gasteiger partial charge in [-0.15, -0.1) is 10.2 Å². The van der Waals surface area contributed by atoms with Gasteiger partial charge in [0.2, 0.25) is 0 Å². The molecule has 0 N–H and O–H groups in total. The van der Waals surface area contributed by atoms with E-state index in [9.17, 15) is 0 Å². The van der Waals surface area contributed by atoms with Gasteiger partial charge in [-0.2, -0.15) is 0 Å². The molecule has 0 amide bonds. The zero-order chi connectivity index (χ0) is 8.43. The van der Waals surface area contributed by atoms with E-state index in [2.05, 4.69) is 46.9 Å². The fourth-order valence-corrected chi connectivity index (χ4v) is 2.06. The van der Waals surface area contributed by atoms with Crippen molar-refractivity contribution in [2.45, 2.75) is 26.7 Å². The van der Waals surface area contributed by atoms with Crippen molar-refractivity contribution in [3.63, 3.8) is 0 Å². The molecule has 0 bridgehead atoms. The number of hydrogen-bond acceptors (Lipinski definition) is 3. The Balaban J connectivity index is 2.76. The smallest absolute Gasteiger partial charge is 0.142 e. The predicted molar refractivity (Wildman–Crippen MR) is 50.9 cm³/mol.